The van der Waals surface area contributed by atoms with Gasteiger partial charge >= 0.3 is 29.6 Å². The average Bonchev–Trinajstić information content (AvgIpc) is 1.88. The summed E-state index contributed by atoms with van der Waals surface area (Å²) in [5, 5.41) is 10.1. The molecule has 4 heteroatoms. The molecule has 1 atom stereocenters. The number of carboxylic acid groups (broad SMARTS) is 1. The Balaban J connectivity index is 0.000001000. The number of rotatable bonds is 1. The third-order valence-electron chi connectivity index (χ3n) is 1.24. The fraction of sp³-hybridized carbons (Fsp3) is 0.143. The van der Waals surface area contributed by atoms with Gasteiger partial charge in [-0.1, -0.05) is 18.2 Å². The van der Waals surface area contributed by atoms with E-state index in [2.05, 4.69) is 0 Å². The van der Waals surface area contributed by atoms with Gasteiger partial charge in [0.15, 0.2) is 5.78 Å². The standard InChI is InChI=1S/C7H6O3.Na/c8-6-4-2-1-3-5(6)7(9)10;/h1-5H,(H,9,10);/q;+1/p-1. The van der Waals surface area contributed by atoms with Crippen molar-refractivity contribution in [2.45, 2.75) is 0 Å². The van der Waals surface area contributed by atoms with E-state index in [-0.39, 0.29) is 29.6 Å². The van der Waals surface area contributed by atoms with Crippen LogP contribution in [0.3, 0.4) is 0 Å². The Bertz CT molecular complexity index is 230. The van der Waals surface area contributed by atoms with E-state index in [1.165, 1.54) is 24.3 Å². The molecule has 11 heavy (non-hydrogen) atoms. The molecule has 1 aliphatic carbocycles. The molecule has 3 nitrogen and oxygen atoms in total. The number of ketones is 1. The average molecular weight is 160 g/mol. The van der Waals surface area contributed by atoms with Gasteiger partial charge in [0.1, 0.15) is 0 Å². The zero-order valence-corrected chi connectivity index (χ0v) is 8.11. The van der Waals surface area contributed by atoms with Crippen LogP contribution in [0.5, 0.6) is 0 Å². The predicted molar refractivity (Wildman–Crippen MR) is 31.8 cm³/mol. The van der Waals surface area contributed by atoms with Gasteiger partial charge in [-0.15, -0.1) is 0 Å². The van der Waals surface area contributed by atoms with E-state index in [0.29, 0.717) is 0 Å². The van der Waals surface area contributed by atoms with Crippen molar-refractivity contribution in [2.75, 3.05) is 0 Å². The first-order chi connectivity index (χ1) is 4.72. The molecule has 0 aromatic rings. The minimum Gasteiger partial charge on any atom is -0.549 e. The van der Waals surface area contributed by atoms with Crippen molar-refractivity contribution in [3.63, 3.8) is 0 Å². The second kappa shape index (κ2) is 4.49. The molecule has 0 amide bonds. The molecule has 0 spiro atoms. The van der Waals surface area contributed by atoms with E-state index in [1.807, 2.05) is 0 Å². The van der Waals surface area contributed by atoms with E-state index in [4.69, 9.17) is 0 Å². The van der Waals surface area contributed by atoms with Gasteiger partial charge in [-0.2, -0.15) is 0 Å². The van der Waals surface area contributed by atoms with E-state index < -0.39 is 17.7 Å². The Morgan fingerprint density at radius 2 is 2.09 bits per heavy atom. The van der Waals surface area contributed by atoms with Crippen LogP contribution in [0, 0.1) is 5.92 Å². The number of carbonyl (C=O) groups is 2. The van der Waals surface area contributed by atoms with Crippen molar-refractivity contribution in [2.24, 2.45) is 5.92 Å². The molecule has 0 aromatic heterocycles. The second-order valence-corrected chi connectivity index (χ2v) is 1.94. The van der Waals surface area contributed by atoms with Crippen LogP contribution in [0.1, 0.15) is 0 Å². The number of carbonyl (C=O) groups excluding carboxylic acids is 2. The first-order valence-corrected chi connectivity index (χ1v) is 2.81. The van der Waals surface area contributed by atoms with Gasteiger partial charge in [-0.05, 0) is 6.08 Å². The summed E-state index contributed by atoms with van der Waals surface area (Å²) >= 11 is 0. The summed E-state index contributed by atoms with van der Waals surface area (Å²) in [6.45, 7) is 0. The molecular formula is C7H5NaO3. The number of hydrogen-bond donors (Lipinski definition) is 0. The van der Waals surface area contributed by atoms with Crippen LogP contribution in [0.4, 0.5) is 0 Å². The zero-order valence-electron chi connectivity index (χ0n) is 6.11. The van der Waals surface area contributed by atoms with Crippen LogP contribution in [-0.4, -0.2) is 11.8 Å². The molecule has 1 aliphatic rings. The van der Waals surface area contributed by atoms with Gasteiger partial charge in [-0.25, -0.2) is 0 Å². The smallest absolute Gasteiger partial charge is 0.549 e. The van der Waals surface area contributed by atoms with Crippen LogP contribution in [-0.2, 0) is 9.59 Å². The van der Waals surface area contributed by atoms with Gasteiger partial charge in [0.05, 0.1) is 11.9 Å². The Kier molecular flexibility index (Phi) is 4.33. The first-order valence-electron chi connectivity index (χ1n) is 2.81. The molecule has 1 rings (SSSR count). The fourth-order valence-corrected chi connectivity index (χ4v) is 0.719. The summed E-state index contributed by atoms with van der Waals surface area (Å²) in [6.07, 6.45) is 5.54. The molecule has 0 N–H and O–H groups in total. The summed E-state index contributed by atoms with van der Waals surface area (Å²) < 4.78 is 0. The topological polar surface area (TPSA) is 57.2 Å². The van der Waals surface area contributed by atoms with Crippen LogP contribution in [0.25, 0.3) is 0 Å². The molecule has 0 saturated carbocycles. The molecule has 0 heterocycles. The van der Waals surface area contributed by atoms with E-state index >= 15 is 0 Å². The molecule has 0 aliphatic heterocycles. The minimum atomic E-state index is -1.34. The number of aliphatic carboxylic acids is 1. The SMILES string of the molecule is O=C([O-])C1C=CC=CC1=O.[Na+]. The van der Waals surface area contributed by atoms with Crippen LogP contribution in [0.2, 0.25) is 0 Å². The van der Waals surface area contributed by atoms with Gasteiger partial charge in [0, 0.05) is 0 Å². The van der Waals surface area contributed by atoms with Gasteiger partial charge < -0.3 is 9.90 Å². The summed E-state index contributed by atoms with van der Waals surface area (Å²) in [7, 11) is 0. The van der Waals surface area contributed by atoms with E-state index in [9.17, 15) is 14.7 Å². The molecular weight excluding hydrogens is 155 g/mol. The summed E-state index contributed by atoms with van der Waals surface area (Å²) in [4.78, 5) is 20.8. The van der Waals surface area contributed by atoms with Crippen molar-refractivity contribution < 1.29 is 44.3 Å². The quantitative estimate of drug-likeness (QED) is 0.290. The molecule has 0 saturated heterocycles. The summed E-state index contributed by atoms with van der Waals surface area (Å²) in [5.41, 5.74) is 0. The van der Waals surface area contributed by atoms with E-state index in [1.54, 1.807) is 0 Å². The molecule has 0 aromatic carbocycles. The van der Waals surface area contributed by atoms with Gasteiger partial charge in [-0.3, -0.25) is 4.79 Å². The molecule has 0 bridgehead atoms. The Morgan fingerprint density at radius 1 is 1.45 bits per heavy atom. The number of hydrogen-bond acceptors (Lipinski definition) is 3. The van der Waals surface area contributed by atoms with Crippen molar-refractivity contribution in [3.05, 3.63) is 24.3 Å². The Morgan fingerprint density at radius 3 is 2.45 bits per heavy atom. The molecule has 52 valence electrons. The van der Waals surface area contributed by atoms with Crippen LogP contribution >= 0.6 is 0 Å². The number of carboxylic acids is 1. The number of allylic oxidation sites excluding steroid dienone is 3. The monoisotopic (exact) mass is 160 g/mol. The van der Waals surface area contributed by atoms with Gasteiger partial charge in [0.2, 0.25) is 0 Å². The molecule has 0 fully saturated rings. The zero-order chi connectivity index (χ0) is 7.56. The normalized spacial score (nSPS) is 21.1. The predicted octanol–water partition coefficient (Wildman–Crippen LogP) is -3.95. The van der Waals surface area contributed by atoms with Crippen molar-refractivity contribution in [3.8, 4) is 0 Å². The Hall–Kier alpha value is -0.380. The van der Waals surface area contributed by atoms with Crippen molar-refractivity contribution >= 4 is 11.8 Å². The first kappa shape index (κ1) is 10.6. The van der Waals surface area contributed by atoms with Crippen LogP contribution in [0.15, 0.2) is 24.3 Å². The summed E-state index contributed by atoms with van der Waals surface area (Å²) in [6, 6.07) is 0. The van der Waals surface area contributed by atoms with Crippen molar-refractivity contribution in [1.82, 2.24) is 0 Å². The van der Waals surface area contributed by atoms with Crippen LogP contribution < -0.4 is 34.7 Å². The van der Waals surface area contributed by atoms with E-state index in [0.717, 1.165) is 0 Å². The maximum Gasteiger partial charge on any atom is 1.00 e. The van der Waals surface area contributed by atoms with Gasteiger partial charge in [0.25, 0.3) is 0 Å². The maximum atomic E-state index is 10.7. The van der Waals surface area contributed by atoms with Crippen molar-refractivity contribution in [1.29, 1.82) is 0 Å². The second-order valence-electron chi connectivity index (χ2n) is 1.94. The minimum absolute atomic E-state index is 0. The maximum absolute atomic E-state index is 10.7. The molecule has 0 radical (unpaired) electrons. The third-order valence-corrected chi connectivity index (χ3v) is 1.24. The third kappa shape index (κ3) is 2.61. The largest absolute Gasteiger partial charge is 1.00 e. The Labute approximate surface area is 86.1 Å². The molecule has 1 unspecified atom stereocenters. The summed E-state index contributed by atoms with van der Waals surface area (Å²) in [5.74, 6) is -2.85. The fourth-order valence-electron chi connectivity index (χ4n) is 0.719.